The molecule has 0 aliphatic carbocycles. The van der Waals surface area contributed by atoms with E-state index in [0.717, 1.165) is 5.56 Å². The molecule has 0 atom stereocenters. The minimum atomic E-state index is -0.270. The number of aromatic amines is 1. The number of phenols is 1. The summed E-state index contributed by atoms with van der Waals surface area (Å²) in [6.07, 6.45) is 3.54. The maximum atomic E-state index is 12.8. The van der Waals surface area contributed by atoms with Gasteiger partial charge in [0.2, 0.25) is 0 Å². The summed E-state index contributed by atoms with van der Waals surface area (Å²) in [6, 6.07) is 13.0. The summed E-state index contributed by atoms with van der Waals surface area (Å²) < 4.78 is 12.8. The number of nitrogens with one attached hydrogen (secondary N) is 1. The van der Waals surface area contributed by atoms with E-state index in [1.165, 1.54) is 12.1 Å². The molecule has 1 heterocycles. The molecule has 0 radical (unpaired) electrons. The average molecular weight is 281 g/mol. The zero-order valence-electron chi connectivity index (χ0n) is 11.0. The van der Waals surface area contributed by atoms with Gasteiger partial charge >= 0.3 is 0 Å². The van der Waals surface area contributed by atoms with Crippen LogP contribution in [0.15, 0.2) is 48.5 Å². The van der Waals surface area contributed by atoms with E-state index in [0.29, 0.717) is 17.2 Å². The minimum absolute atomic E-state index is 0.130. The first-order chi connectivity index (χ1) is 10.2. The van der Waals surface area contributed by atoms with Crippen molar-refractivity contribution in [2.24, 2.45) is 0 Å². The first-order valence-corrected chi connectivity index (χ1v) is 6.37. The lowest BCUT2D eigenvalue weighted by Crippen LogP contribution is -1.81. The van der Waals surface area contributed by atoms with Crippen LogP contribution >= 0.6 is 0 Å². The third-order valence-electron chi connectivity index (χ3n) is 2.95. The van der Waals surface area contributed by atoms with Gasteiger partial charge in [-0.1, -0.05) is 30.3 Å². The number of H-pyrrole nitrogens is 1. The Balaban J connectivity index is 1.82. The fourth-order valence-corrected chi connectivity index (χ4v) is 1.88. The average Bonchev–Trinajstić information content (AvgIpc) is 2.96. The van der Waals surface area contributed by atoms with Crippen LogP contribution in [-0.4, -0.2) is 20.3 Å². The second-order valence-corrected chi connectivity index (χ2v) is 4.45. The van der Waals surface area contributed by atoms with E-state index in [1.54, 1.807) is 48.6 Å². The summed E-state index contributed by atoms with van der Waals surface area (Å²) in [5.41, 5.74) is 1.42. The molecule has 104 valence electrons. The molecule has 0 fully saturated rings. The van der Waals surface area contributed by atoms with Gasteiger partial charge in [0.1, 0.15) is 17.4 Å². The minimum Gasteiger partial charge on any atom is -0.507 e. The number of aromatic hydroxyl groups is 1. The first kappa shape index (κ1) is 13.1. The van der Waals surface area contributed by atoms with Gasteiger partial charge in [-0.05, 0) is 35.9 Å². The van der Waals surface area contributed by atoms with Gasteiger partial charge in [-0.3, -0.25) is 5.10 Å². The lowest BCUT2D eigenvalue weighted by atomic mass is 10.2. The summed E-state index contributed by atoms with van der Waals surface area (Å²) in [4.78, 5) is 4.29. The Hall–Kier alpha value is -2.95. The molecule has 3 rings (SSSR count). The second-order valence-electron chi connectivity index (χ2n) is 4.45. The summed E-state index contributed by atoms with van der Waals surface area (Å²) in [6.45, 7) is 0. The monoisotopic (exact) mass is 281 g/mol. The molecule has 0 unspecified atom stereocenters. The van der Waals surface area contributed by atoms with Crippen LogP contribution in [0.1, 0.15) is 11.4 Å². The van der Waals surface area contributed by atoms with Crippen molar-refractivity contribution in [2.75, 3.05) is 0 Å². The van der Waals surface area contributed by atoms with Crippen LogP contribution in [0.2, 0.25) is 0 Å². The van der Waals surface area contributed by atoms with E-state index < -0.39 is 0 Å². The molecule has 4 nitrogen and oxygen atoms in total. The topological polar surface area (TPSA) is 61.8 Å². The maximum absolute atomic E-state index is 12.8. The van der Waals surface area contributed by atoms with E-state index in [9.17, 15) is 9.50 Å². The molecule has 5 heteroatoms. The smallest absolute Gasteiger partial charge is 0.185 e. The van der Waals surface area contributed by atoms with Crippen molar-refractivity contribution in [2.45, 2.75) is 0 Å². The predicted molar refractivity (Wildman–Crippen MR) is 78.8 cm³/mol. The molecule has 1 aromatic heterocycles. The number of hydrogen-bond donors (Lipinski definition) is 2. The molecule has 0 saturated carbocycles. The Kier molecular flexibility index (Phi) is 3.47. The molecule has 0 saturated heterocycles. The van der Waals surface area contributed by atoms with E-state index in [2.05, 4.69) is 15.2 Å². The highest BCUT2D eigenvalue weighted by molar-refractivity contribution is 5.68. The number of hydrogen-bond acceptors (Lipinski definition) is 3. The number of aromatic nitrogens is 3. The maximum Gasteiger partial charge on any atom is 0.185 e. The Morgan fingerprint density at radius 2 is 1.76 bits per heavy atom. The summed E-state index contributed by atoms with van der Waals surface area (Å²) in [5.74, 6) is 0.837. The molecule has 2 N–H and O–H groups in total. The quantitative estimate of drug-likeness (QED) is 0.772. The van der Waals surface area contributed by atoms with Gasteiger partial charge in [0.25, 0.3) is 0 Å². The SMILES string of the molecule is Oc1ccccc1-c1n[nH]c(/C=C\c2ccc(F)cc2)n1. The molecule has 0 spiro atoms. The molecule has 21 heavy (non-hydrogen) atoms. The molecule has 0 aliphatic rings. The van der Waals surface area contributed by atoms with Crippen molar-refractivity contribution in [3.63, 3.8) is 0 Å². The third kappa shape index (κ3) is 2.97. The summed E-state index contributed by atoms with van der Waals surface area (Å²) in [7, 11) is 0. The van der Waals surface area contributed by atoms with Crippen molar-refractivity contribution >= 4 is 12.2 Å². The Labute approximate surface area is 120 Å². The standard InChI is InChI=1S/C16H12FN3O/c17-12-8-5-11(6-9-12)7-10-15-18-16(20-19-15)13-3-1-2-4-14(13)21/h1-10,21H,(H,18,19,20)/b10-7-. The Morgan fingerprint density at radius 3 is 2.52 bits per heavy atom. The van der Waals surface area contributed by atoms with Gasteiger partial charge in [-0.15, -0.1) is 0 Å². The highest BCUT2D eigenvalue weighted by Crippen LogP contribution is 2.25. The van der Waals surface area contributed by atoms with Gasteiger partial charge in [0.05, 0.1) is 5.56 Å². The number of halogens is 1. The summed E-state index contributed by atoms with van der Waals surface area (Å²) >= 11 is 0. The van der Waals surface area contributed by atoms with Crippen molar-refractivity contribution in [1.29, 1.82) is 0 Å². The molecule has 0 amide bonds. The largest absolute Gasteiger partial charge is 0.507 e. The number of benzene rings is 2. The van der Waals surface area contributed by atoms with Crippen molar-refractivity contribution in [3.05, 3.63) is 65.7 Å². The normalized spacial score (nSPS) is 11.1. The lowest BCUT2D eigenvalue weighted by Gasteiger charge is -1.97. The zero-order valence-corrected chi connectivity index (χ0v) is 11.0. The van der Waals surface area contributed by atoms with Crippen LogP contribution in [0.5, 0.6) is 5.75 Å². The van der Waals surface area contributed by atoms with Gasteiger partial charge < -0.3 is 5.11 Å². The molecule has 3 aromatic rings. The Morgan fingerprint density at radius 1 is 1.00 bits per heavy atom. The van der Waals surface area contributed by atoms with Crippen LogP contribution in [0, 0.1) is 5.82 Å². The van der Waals surface area contributed by atoms with E-state index in [1.807, 2.05) is 0 Å². The predicted octanol–water partition coefficient (Wildman–Crippen LogP) is 3.49. The van der Waals surface area contributed by atoms with Gasteiger partial charge in [-0.25, -0.2) is 9.37 Å². The van der Waals surface area contributed by atoms with Crippen LogP contribution in [-0.2, 0) is 0 Å². The second kappa shape index (κ2) is 5.58. The van der Waals surface area contributed by atoms with Gasteiger partial charge in [-0.2, -0.15) is 5.10 Å². The molecular formula is C16H12FN3O. The highest BCUT2D eigenvalue weighted by atomic mass is 19.1. The lowest BCUT2D eigenvalue weighted by molar-refractivity contribution is 0.477. The number of para-hydroxylation sites is 1. The van der Waals surface area contributed by atoms with Crippen LogP contribution in [0.3, 0.4) is 0 Å². The van der Waals surface area contributed by atoms with Gasteiger partial charge in [0, 0.05) is 0 Å². The molecule has 2 aromatic carbocycles. The van der Waals surface area contributed by atoms with Crippen molar-refractivity contribution < 1.29 is 9.50 Å². The van der Waals surface area contributed by atoms with Crippen molar-refractivity contribution in [1.82, 2.24) is 15.2 Å². The highest BCUT2D eigenvalue weighted by Gasteiger charge is 2.08. The fraction of sp³-hybridized carbons (Fsp3) is 0. The van der Waals surface area contributed by atoms with Crippen LogP contribution < -0.4 is 0 Å². The first-order valence-electron chi connectivity index (χ1n) is 6.37. The van der Waals surface area contributed by atoms with E-state index in [4.69, 9.17) is 0 Å². The van der Waals surface area contributed by atoms with Crippen molar-refractivity contribution in [3.8, 4) is 17.1 Å². The zero-order chi connectivity index (χ0) is 14.7. The van der Waals surface area contributed by atoms with E-state index >= 15 is 0 Å². The van der Waals surface area contributed by atoms with Crippen LogP contribution in [0.25, 0.3) is 23.5 Å². The number of phenolic OH excluding ortho intramolecular Hbond substituents is 1. The third-order valence-corrected chi connectivity index (χ3v) is 2.95. The molecular weight excluding hydrogens is 269 g/mol. The Bertz CT molecular complexity index is 778. The molecule has 0 aliphatic heterocycles. The van der Waals surface area contributed by atoms with Crippen LogP contribution in [0.4, 0.5) is 4.39 Å². The fourth-order valence-electron chi connectivity index (χ4n) is 1.88. The summed E-state index contributed by atoms with van der Waals surface area (Å²) in [5, 5.41) is 16.6. The van der Waals surface area contributed by atoms with E-state index in [-0.39, 0.29) is 11.6 Å². The number of rotatable bonds is 3. The molecule has 0 bridgehead atoms. The van der Waals surface area contributed by atoms with Gasteiger partial charge in [0.15, 0.2) is 5.82 Å². The number of nitrogens with zero attached hydrogens (tertiary/aromatic N) is 2.